The first-order valence-electron chi connectivity index (χ1n) is 4.41. The Balaban J connectivity index is 3.84. The summed E-state index contributed by atoms with van der Waals surface area (Å²) in [5, 5.41) is 0. The van der Waals surface area contributed by atoms with Crippen LogP contribution in [0.3, 0.4) is 0 Å². The van der Waals surface area contributed by atoms with Crippen molar-refractivity contribution in [3.63, 3.8) is 0 Å². The maximum absolute atomic E-state index is 11.4. The lowest BCUT2D eigenvalue weighted by molar-refractivity contribution is -0.146. The van der Waals surface area contributed by atoms with Gasteiger partial charge in [-0.2, -0.15) is 3.71 Å². The van der Waals surface area contributed by atoms with Crippen LogP contribution in [0.5, 0.6) is 0 Å². The molecule has 4 nitrogen and oxygen atoms in total. The molecule has 1 unspecified atom stereocenters. The van der Waals surface area contributed by atoms with E-state index in [1.807, 2.05) is 23.1 Å². The maximum Gasteiger partial charge on any atom is 0.325 e. The molecule has 0 rings (SSSR count). The van der Waals surface area contributed by atoms with Gasteiger partial charge in [-0.1, -0.05) is 23.9 Å². The Morgan fingerprint density at radius 1 is 1.50 bits per heavy atom. The van der Waals surface area contributed by atoms with Crippen LogP contribution >= 0.6 is 23.9 Å². The normalized spacial score (nSPS) is 12.9. The Kier molecular flexibility index (Phi) is 8.46. The van der Waals surface area contributed by atoms with Crippen LogP contribution in [0.25, 0.3) is 0 Å². The number of carbonyl (C=O) groups is 1. The van der Waals surface area contributed by atoms with Gasteiger partial charge in [0.15, 0.2) is 0 Å². The molecule has 0 aliphatic rings. The molecule has 0 aromatic rings. The van der Waals surface area contributed by atoms with E-state index in [4.69, 9.17) is 10.5 Å². The zero-order valence-electron chi connectivity index (χ0n) is 8.86. The Morgan fingerprint density at radius 2 is 2.07 bits per heavy atom. The van der Waals surface area contributed by atoms with Crippen LogP contribution in [-0.4, -0.2) is 41.4 Å². The molecule has 0 saturated heterocycles. The summed E-state index contributed by atoms with van der Waals surface area (Å²) in [6, 6.07) is -0.224. The molecule has 0 aromatic heterocycles. The highest BCUT2D eigenvalue weighted by Gasteiger charge is 2.21. The molecule has 0 aliphatic heterocycles. The van der Waals surface area contributed by atoms with Gasteiger partial charge in [-0.15, -0.1) is 0 Å². The minimum Gasteiger partial charge on any atom is -0.464 e. The fraction of sp³-hybridized carbons (Fsp3) is 0.875. The molecule has 0 spiro atoms. The Labute approximate surface area is 94.2 Å². The Hall–Kier alpha value is 0.0900. The second-order valence-corrected chi connectivity index (χ2v) is 4.38. The van der Waals surface area contributed by atoms with Crippen LogP contribution in [0.1, 0.15) is 13.3 Å². The topological polar surface area (TPSA) is 55.6 Å². The van der Waals surface area contributed by atoms with Crippen LogP contribution < -0.4 is 5.73 Å². The molecule has 2 N–H and O–H groups in total. The predicted octanol–water partition coefficient (Wildman–Crippen LogP) is 1.12. The van der Waals surface area contributed by atoms with E-state index in [1.165, 1.54) is 23.9 Å². The first kappa shape index (κ1) is 14.1. The van der Waals surface area contributed by atoms with E-state index in [9.17, 15) is 4.79 Å². The van der Waals surface area contributed by atoms with E-state index in [-0.39, 0.29) is 12.0 Å². The summed E-state index contributed by atoms with van der Waals surface area (Å²) in [5.41, 5.74) is 5.29. The molecule has 1 atom stereocenters. The number of ether oxygens (including phenoxy) is 1. The number of carbonyl (C=O) groups excluding carboxylic acids is 1. The third kappa shape index (κ3) is 5.09. The number of nitrogens with two attached hydrogens (primary N) is 1. The zero-order chi connectivity index (χ0) is 11.0. The first-order valence-corrected chi connectivity index (χ1v) is 6.77. The van der Waals surface area contributed by atoms with Crippen molar-refractivity contribution in [3.8, 4) is 0 Å². The number of hydrogen-bond donors (Lipinski definition) is 1. The van der Waals surface area contributed by atoms with Gasteiger partial charge >= 0.3 is 5.97 Å². The van der Waals surface area contributed by atoms with Gasteiger partial charge in [0, 0.05) is 0 Å². The minimum absolute atomic E-state index is 0.192. The smallest absolute Gasteiger partial charge is 0.325 e. The molecule has 0 aromatic carbocycles. The molecule has 0 bridgehead atoms. The summed E-state index contributed by atoms with van der Waals surface area (Å²) in [5.74, 6) is -0.192. The van der Waals surface area contributed by atoms with Crippen molar-refractivity contribution >= 4 is 29.9 Å². The van der Waals surface area contributed by atoms with Crippen LogP contribution in [0.2, 0.25) is 0 Å². The van der Waals surface area contributed by atoms with Crippen molar-refractivity contribution < 1.29 is 9.53 Å². The summed E-state index contributed by atoms with van der Waals surface area (Å²) in [4.78, 5) is 11.4. The predicted molar refractivity (Wildman–Crippen MR) is 63.0 cm³/mol. The maximum atomic E-state index is 11.4. The Bertz CT molecular complexity index is 165. The van der Waals surface area contributed by atoms with Crippen molar-refractivity contribution in [2.75, 3.05) is 25.7 Å². The number of hydrogen-bond acceptors (Lipinski definition) is 6. The second-order valence-electron chi connectivity index (χ2n) is 2.64. The summed E-state index contributed by atoms with van der Waals surface area (Å²) >= 11 is 3.03. The highest BCUT2D eigenvalue weighted by Crippen LogP contribution is 2.21. The van der Waals surface area contributed by atoms with Crippen molar-refractivity contribution in [2.45, 2.75) is 19.4 Å². The third-order valence-corrected chi connectivity index (χ3v) is 3.86. The fourth-order valence-electron chi connectivity index (χ4n) is 0.854. The lowest BCUT2D eigenvalue weighted by Crippen LogP contribution is -2.31. The summed E-state index contributed by atoms with van der Waals surface area (Å²) in [7, 11) is 0. The molecule has 0 saturated carbocycles. The molecule has 14 heavy (non-hydrogen) atoms. The lowest BCUT2D eigenvalue weighted by atomic mass is 10.4. The van der Waals surface area contributed by atoms with E-state index < -0.39 is 0 Å². The number of nitrogens with zero attached hydrogens (tertiary/aromatic N) is 1. The van der Waals surface area contributed by atoms with Crippen molar-refractivity contribution in [1.29, 1.82) is 0 Å². The molecule has 0 amide bonds. The quantitative estimate of drug-likeness (QED) is 0.407. The van der Waals surface area contributed by atoms with E-state index >= 15 is 0 Å². The molecular weight excluding hydrogens is 220 g/mol. The van der Waals surface area contributed by atoms with E-state index in [1.54, 1.807) is 0 Å². The van der Waals surface area contributed by atoms with Gasteiger partial charge in [0.05, 0.1) is 6.61 Å². The van der Waals surface area contributed by atoms with Crippen molar-refractivity contribution in [2.24, 2.45) is 5.73 Å². The monoisotopic (exact) mass is 238 g/mol. The average Bonchev–Trinajstić information content (AvgIpc) is 2.19. The van der Waals surface area contributed by atoms with Crippen LogP contribution in [0.15, 0.2) is 0 Å². The van der Waals surface area contributed by atoms with Gasteiger partial charge < -0.3 is 10.5 Å². The molecule has 0 fully saturated rings. The Morgan fingerprint density at radius 3 is 2.50 bits per heavy atom. The highest BCUT2D eigenvalue weighted by molar-refractivity contribution is 8.11. The number of rotatable bonds is 7. The first-order chi connectivity index (χ1) is 6.67. The standard InChI is InChI=1S/C8H18N2O2S2/c1-7(10(13-2)14-3)8(11)12-6-4-5-9/h7H,4-6,9H2,1-3H3. The second kappa shape index (κ2) is 8.40. The van der Waals surface area contributed by atoms with Crippen LogP contribution in [0.4, 0.5) is 0 Å². The van der Waals surface area contributed by atoms with E-state index in [0.29, 0.717) is 13.2 Å². The van der Waals surface area contributed by atoms with Gasteiger partial charge in [-0.3, -0.25) is 4.79 Å². The van der Waals surface area contributed by atoms with Crippen LogP contribution in [0, 0.1) is 0 Å². The summed E-state index contributed by atoms with van der Waals surface area (Å²) in [6.45, 7) is 2.80. The molecule has 6 heteroatoms. The highest BCUT2D eigenvalue weighted by atomic mass is 32.2. The van der Waals surface area contributed by atoms with Gasteiger partial charge in [0.25, 0.3) is 0 Å². The largest absolute Gasteiger partial charge is 0.464 e. The third-order valence-electron chi connectivity index (χ3n) is 1.61. The van der Waals surface area contributed by atoms with Crippen molar-refractivity contribution in [3.05, 3.63) is 0 Å². The fourth-order valence-corrected chi connectivity index (χ4v) is 2.25. The minimum atomic E-state index is -0.224. The lowest BCUT2D eigenvalue weighted by Gasteiger charge is -2.21. The average molecular weight is 238 g/mol. The van der Waals surface area contributed by atoms with Crippen LogP contribution in [-0.2, 0) is 9.53 Å². The van der Waals surface area contributed by atoms with E-state index in [2.05, 4.69) is 0 Å². The molecule has 0 radical (unpaired) electrons. The summed E-state index contributed by atoms with van der Waals surface area (Å²) in [6.07, 6.45) is 4.58. The van der Waals surface area contributed by atoms with Crippen molar-refractivity contribution in [1.82, 2.24) is 3.71 Å². The zero-order valence-corrected chi connectivity index (χ0v) is 10.5. The molecule has 0 aliphatic carbocycles. The van der Waals surface area contributed by atoms with E-state index in [0.717, 1.165) is 6.42 Å². The summed E-state index contributed by atoms with van der Waals surface area (Å²) < 4.78 is 6.94. The SMILES string of the molecule is CSN(SC)C(C)C(=O)OCCCN. The van der Waals surface area contributed by atoms with Gasteiger partial charge in [0.1, 0.15) is 6.04 Å². The molecule has 0 heterocycles. The molecular formula is C8H18N2O2S2. The van der Waals surface area contributed by atoms with Gasteiger partial charge in [-0.05, 0) is 32.4 Å². The van der Waals surface area contributed by atoms with Gasteiger partial charge in [0.2, 0.25) is 0 Å². The number of esters is 1. The van der Waals surface area contributed by atoms with Gasteiger partial charge in [-0.25, -0.2) is 0 Å². The molecule has 84 valence electrons.